The van der Waals surface area contributed by atoms with Gasteiger partial charge < -0.3 is 26.6 Å². The molecule has 0 amide bonds. The fourth-order valence-electron chi connectivity index (χ4n) is 2.87. The van der Waals surface area contributed by atoms with Gasteiger partial charge in [-0.25, -0.2) is 4.98 Å². The molecule has 7 nitrogen and oxygen atoms in total. The average molecular weight is 408 g/mol. The monoisotopic (exact) mass is 407 g/mol. The van der Waals surface area contributed by atoms with Gasteiger partial charge in [-0.15, -0.1) is 6.58 Å². The van der Waals surface area contributed by atoms with Gasteiger partial charge in [0.05, 0.1) is 5.56 Å². The van der Waals surface area contributed by atoms with E-state index in [1.54, 1.807) is 12.3 Å². The van der Waals surface area contributed by atoms with Gasteiger partial charge in [-0.2, -0.15) is 4.98 Å². The van der Waals surface area contributed by atoms with E-state index in [0.717, 1.165) is 43.1 Å². The second-order valence-corrected chi connectivity index (χ2v) is 6.79. The maximum Gasteiger partial charge on any atom is 0.229 e. The highest BCUT2D eigenvalue weighted by molar-refractivity contribution is 5.71. The summed E-state index contributed by atoms with van der Waals surface area (Å²) in [7, 11) is 0. The molecule has 0 saturated carbocycles. The van der Waals surface area contributed by atoms with Gasteiger partial charge in [0.1, 0.15) is 5.82 Å². The summed E-state index contributed by atoms with van der Waals surface area (Å²) < 4.78 is 0. The summed E-state index contributed by atoms with van der Waals surface area (Å²) in [6, 6.07) is 7.98. The van der Waals surface area contributed by atoms with E-state index >= 15 is 0 Å². The number of aromatic nitrogens is 2. The molecule has 30 heavy (non-hydrogen) atoms. The molecule has 1 aromatic heterocycles. The number of anilines is 3. The zero-order valence-corrected chi connectivity index (χ0v) is 18.0. The van der Waals surface area contributed by atoms with Crippen LogP contribution in [0.25, 0.3) is 11.4 Å². The van der Waals surface area contributed by atoms with Crippen LogP contribution in [-0.2, 0) is 0 Å². The minimum Gasteiger partial charge on any atom is -0.399 e. The first-order valence-corrected chi connectivity index (χ1v) is 10.2. The summed E-state index contributed by atoms with van der Waals surface area (Å²) >= 11 is 0. The molecule has 1 heterocycles. The smallest absolute Gasteiger partial charge is 0.229 e. The Labute approximate surface area is 179 Å². The van der Waals surface area contributed by atoms with Crippen LogP contribution in [0.5, 0.6) is 0 Å². The first-order valence-electron chi connectivity index (χ1n) is 10.2. The standard InChI is InChI=1S/C23H33N7/c1-6-13-26-22-21(17(4)24)16-27-23(29-22)28-20-11-9-19(10-12-20)18(5)25-14-15-30(7-2)8-3/h6,9-12,16,25H,1,4-5,7-8,13-15,24H2,2-3H3,(H2,26,27,28,29). The van der Waals surface area contributed by atoms with Crippen molar-refractivity contribution in [1.82, 2.24) is 20.2 Å². The van der Waals surface area contributed by atoms with Gasteiger partial charge in [0.15, 0.2) is 0 Å². The van der Waals surface area contributed by atoms with Crippen molar-refractivity contribution in [3.8, 4) is 0 Å². The molecule has 7 heteroatoms. The van der Waals surface area contributed by atoms with Crippen LogP contribution in [0.3, 0.4) is 0 Å². The largest absolute Gasteiger partial charge is 0.399 e. The molecule has 2 rings (SSSR count). The Kier molecular flexibility index (Phi) is 8.90. The van der Waals surface area contributed by atoms with E-state index in [2.05, 4.69) is 64.4 Å². The van der Waals surface area contributed by atoms with E-state index in [9.17, 15) is 0 Å². The van der Waals surface area contributed by atoms with Gasteiger partial charge in [0.25, 0.3) is 0 Å². The van der Waals surface area contributed by atoms with E-state index in [-0.39, 0.29) is 0 Å². The molecular formula is C23H33N7. The molecule has 0 bridgehead atoms. The molecule has 1 aromatic carbocycles. The predicted molar refractivity (Wildman–Crippen MR) is 128 cm³/mol. The third kappa shape index (κ3) is 6.63. The molecule has 0 unspecified atom stereocenters. The number of nitrogens with one attached hydrogen (secondary N) is 3. The van der Waals surface area contributed by atoms with Crippen LogP contribution in [0.2, 0.25) is 0 Å². The maximum atomic E-state index is 5.82. The molecule has 160 valence electrons. The number of nitrogens with zero attached hydrogens (tertiary/aromatic N) is 3. The highest BCUT2D eigenvalue weighted by Crippen LogP contribution is 2.21. The summed E-state index contributed by atoms with van der Waals surface area (Å²) in [6.07, 6.45) is 3.40. The van der Waals surface area contributed by atoms with Gasteiger partial charge in [-0.1, -0.05) is 45.2 Å². The molecular weight excluding hydrogens is 374 g/mol. The SMILES string of the molecule is C=CCNc1nc(Nc2ccc(C(=C)NCCN(CC)CC)cc2)ncc1C(=C)N. The van der Waals surface area contributed by atoms with Crippen molar-refractivity contribution >= 4 is 28.8 Å². The highest BCUT2D eigenvalue weighted by atomic mass is 15.1. The zero-order chi connectivity index (χ0) is 21.9. The molecule has 0 aliphatic heterocycles. The molecule has 0 radical (unpaired) electrons. The van der Waals surface area contributed by atoms with Crippen LogP contribution < -0.4 is 21.7 Å². The van der Waals surface area contributed by atoms with Crippen LogP contribution in [0, 0.1) is 0 Å². The van der Waals surface area contributed by atoms with Crippen molar-refractivity contribution < 1.29 is 0 Å². The second kappa shape index (κ2) is 11.6. The summed E-state index contributed by atoms with van der Waals surface area (Å²) in [4.78, 5) is 11.2. The molecule has 2 aromatic rings. The maximum absolute atomic E-state index is 5.82. The highest BCUT2D eigenvalue weighted by Gasteiger charge is 2.09. The van der Waals surface area contributed by atoms with Gasteiger partial charge in [-0.3, -0.25) is 0 Å². The third-order valence-corrected chi connectivity index (χ3v) is 4.70. The molecule has 0 saturated heterocycles. The van der Waals surface area contributed by atoms with Crippen molar-refractivity contribution in [2.45, 2.75) is 13.8 Å². The van der Waals surface area contributed by atoms with Crippen molar-refractivity contribution in [1.29, 1.82) is 0 Å². The number of hydrogen-bond acceptors (Lipinski definition) is 7. The minimum absolute atomic E-state index is 0.407. The van der Waals surface area contributed by atoms with Crippen molar-refractivity contribution in [2.75, 3.05) is 43.4 Å². The van der Waals surface area contributed by atoms with Gasteiger partial charge in [0, 0.05) is 42.9 Å². The van der Waals surface area contributed by atoms with Crippen LogP contribution >= 0.6 is 0 Å². The minimum atomic E-state index is 0.407. The lowest BCUT2D eigenvalue weighted by molar-refractivity contribution is 0.308. The number of hydrogen-bond donors (Lipinski definition) is 4. The van der Waals surface area contributed by atoms with Crippen LogP contribution in [0.4, 0.5) is 17.5 Å². The first-order chi connectivity index (χ1) is 14.5. The summed E-state index contributed by atoms with van der Waals surface area (Å²) in [5.74, 6) is 1.08. The Bertz CT molecular complexity index is 854. The van der Waals surface area contributed by atoms with E-state index in [4.69, 9.17) is 5.73 Å². The van der Waals surface area contributed by atoms with Gasteiger partial charge in [0.2, 0.25) is 5.95 Å². The summed E-state index contributed by atoms with van der Waals surface area (Å²) in [5.41, 5.74) is 9.73. The van der Waals surface area contributed by atoms with Crippen LogP contribution in [0.1, 0.15) is 25.0 Å². The third-order valence-electron chi connectivity index (χ3n) is 4.70. The molecule has 0 spiro atoms. The van der Waals surface area contributed by atoms with Gasteiger partial charge in [-0.05, 0) is 30.8 Å². The van der Waals surface area contributed by atoms with Crippen molar-refractivity contribution in [3.63, 3.8) is 0 Å². The topological polar surface area (TPSA) is 91.1 Å². The molecule has 0 aliphatic carbocycles. The summed E-state index contributed by atoms with van der Waals surface area (Å²) in [6.45, 7) is 20.5. The van der Waals surface area contributed by atoms with E-state index in [1.165, 1.54) is 0 Å². The number of rotatable bonds is 13. The van der Waals surface area contributed by atoms with E-state index < -0.39 is 0 Å². The Morgan fingerprint density at radius 1 is 1.17 bits per heavy atom. The molecule has 0 atom stereocenters. The quantitative estimate of drug-likeness (QED) is 0.377. The second-order valence-electron chi connectivity index (χ2n) is 6.79. The lowest BCUT2D eigenvalue weighted by Crippen LogP contribution is -2.31. The Morgan fingerprint density at radius 3 is 2.47 bits per heavy atom. The fourth-order valence-corrected chi connectivity index (χ4v) is 2.87. The lowest BCUT2D eigenvalue weighted by atomic mass is 10.1. The molecule has 0 aliphatic rings. The Hall–Kier alpha value is -3.32. The average Bonchev–Trinajstić information content (AvgIpc) is 2.75. The molecule has 0 fully saturated rings. The van der Waals surface area contributed by atoms with E-state index in [0.29, 0.717) is 29.6 Å². The Morgan fingerprint density at radius 2 is 1.87 bits per heavy atom. The number of benzene rings is 1. The zero-order valence-electron chi connectivity index (χ0n) is 18.0. The van der Waals surface area contributed by atoms with Crippen LogP contribution in [-0.4, -0.2) is 47.6 Å². The normalized spacial score (nSPS) is 10.5. The number of nitrogens with two attached hydrogens (primary N) is 1. The van der Waals surface area contributed by atoms with Crippen LogP contribution in [0.15, 0.2) is 56.3 Å². The first kappa shape index (κ1) is 23.0. The summed E-state index contributed by atoms with van der Waals surface area (Å²) in [5, 5.41) is 9.76. The van der Waals surface area contributed by atoms with Gasteiger partial charge >= 0.3 is 0 Å². The number of likely N-dealkylation sites (N-methyl/N-ethyl adjacent to an activating group) is 1. The van der Waals surface area contributed by atoms with Crippen molar-refractivity contribution in [2.24, 2.45) is 5.73 Å². The Balaban J connectivity index is 2.00. The fraction of sp³-hybridized carbons (Fsp3) is 0.304. The lowest BCUT2D eigenvalue weighted by Gasteiger charge is -2.19. The molecule has 5 N–H and O–H groups in total. The van der Waals surface area contributed by atoms with Crippen molar-refractivity contribution in [3.05, 3.63) is 67.4 Å². The predicted octanol–water partition coefficient (Wildman–Crippen LogP) is 3.65. The van der Waals surface area contributed by atoms with E-state index in [1.807, 2.05) is 24.3 Å².